The van der Waals surface area contributed by atoms with Crippen LogP contribution in [0.1, 0.15) is 52.8 Å². The van der Waals surface area contributed by atoms with Crippen molar-refractivity contribution < 1.29 is 67.7 Å². The van der Waals surface area contributed by atoms with Crippen molar-refractivity contribution in [3.05, 3.63) is 30.1 Å². The van der Waals surface area contributed by atoms with Gasteiger partial charge < -0.3 is 14.6 Å². The molecule has 0 radical (unpaired) electrons. The van der Waals surface area contributed by atoms with Crippen molar-refractivity contribution in [2.45, 2.75) is 94.6 Å². The number of carbonyl (C=O) groups excluding carboxylic acids is 2. The lowest BCUT2D eigenvalue weighted by atomic mass is 9.93. The number of aromatic nitrogens is 2. The van der Waals surface area contributed by atoms with E-state index in [9.17, 15) is 58.2 Å². The highest BCUT2D eigenvalue weighted by molar-refractivity contribution is 7.93. The van der Waals surface area contributed by atoms with E-state index >= 15 is 0 Å². The topological polar surface area (TPSA) is 140 Å². The second-order valence-electron chi connectivity index (χ2n) is 10.8. The van der Waals surface area contributed by atoms with Crippen LogP contribution in [0.25, 0.3) is 0 Å². The molecule has 0 saturated heterocycles. The molecule has 252 valence electrons. The first-order valence-electron chi connectivity index (χ1n) is 12.9. The number of fused-ring (bicyclic) bond motifs is 1. The van der Waals surface area contributed by atoms with Crippen LogP contribution in [-0.2, 0) is 19.6 Å². The van der Waals surface area contributed by atoms with E-state index < -0.39 is 81.9 Å². The molecule has 0 spiro atoms. The number of Topliss-reactive ketones (excluding diaryl/α,β-unsaturated/α-hetero) is 1. The Kier molecular flexibility index (Phi) is 9.48. The Bertz CT molecular complexity index is 1560. The van der Waals surface area contributed by atoms with Crippen molar-refractivity contribution in [2.75, 3.05) is 9.62 Å². The molecule has 45 heavy (non-hydrogen) atoms. The number of halogens is 8. The van der Waals surface area contributed by atoms with Crippen LogP contribution in [-0.4, -0.2) is 70.9 Å². The number of hydrogen-bond donors (Lipinski definition) is 2. The minimum Gasteiger partial charge on any atom is -0.486 e. The number of aliphatic hydroxyl groups is 1. The molecule has 2 N–H and O–H groups in total. The van der Waals surface area contributed by atoms with Gasteiger partial charge in [0.2, 0.25) is 11.2 Å². The largest absolute Gasteiger partial charge is 0.486 e. The molecule has 2 aromatic rings. The maximum atomic E-state index is 13.9. The number of rotatable bonds is 9. The molecule has 11 nitrogen and oxygen atoms in total. The summed E-state index contributed by atoms with van der Waals surface area (Å²) in [6.07, 6.45) is -14.1. The Morgan fingerprint density at radius 2 is 1.71 bits per heavy atom. The number of amides is 1. The lowest BCUT2D eigenvalue weighted by molar-refractivity contribution is -0.244. The van der Waals surface area contributed by atoms with Crippen molar-refractivity contribution >= 4 is 33.3 Å². The standard InChI is InChI=1S/C25H28F8N4O7S/c1-12-18(11-36(35-12)20(26)27)45(41,42)37-13(2)16(8-9-19(38)23(5,40)25(31,32)33)43-17-7-6-14(10-15(17)37)34-21(39)44-22(3,4)24(28,29)30/h6-7,10-11,13,16,20,40H,8-9H2,1-5H3,(H,34,39)/t13-,16+,23?/m1/s1. The van der Waals surface area contributed by atoms with Gasteiger partial charge in [0.1, 0.15) is 16.7 Å². The van der Waals surface area contributed by atoms with Gasteiger partial charge in [-0.3, -0.25) is 14.4 Å². The third-order valence-electron chi connectivity index (χ3n) is 7.02. The van der Waals surface area contributed by atoms with Gasteiger partial charge in [0, 0.05) is 12.1 Å². The van der Waals surface area contributed by atoms with E-state index in [4.69, 9.17) is 4.74 Å². The fourth-order valence-corrected chi connectivity index (χ4v) is 6.02. The highest BCUT2D eigenvalue weighted by atomic mass is 32.2. The van der Waals surface area contributed by atoms with Crippen LogP contribution in [0.3, 0.4) is 0 Å². The molecule has 1 aromatic heterocycles. The number of anilines is 2. The number of nitrogens with zero attached hydrogens (tertiary/aromatic N) is 3. The van der Waals surface area contributed by atoms with Crippen LogP contribution in [0.2, 0.25) is 0 Å². The number of nitrogens with one attached hydrogen (secondary N) is 1. The van der Waals surface area contributed by atoms with E-state index in [2.05, 4.69) is 9.84 Å². The number of alkyl halides is 8. The first kappa shape index (κ1) is 35.8. The molecule has 3 atom stereocenters. The summed E-state index contributed by atoms with van der Waals surface area (Å²) in [5.74, 6) is -1.91. The van der Waals surface area contributed by atoms with Crippen molar-refractivity contribution in [3.63, 3.8) is 0 Å². The molecule has 0 bridgehead atoms. The average Bonchev–Trinajstić information content (AvgIpc) is 3.28. The highest BCUT2D eigenvalue weighted by Gasteiger charge is 2.55. The second-order valence-corrected chi connectivity index (χ2v) is 12.6. The summed E-state index contributed by atoms with van der Waals surface area (Å²) in [5.41, 5.74) is -7.64. The molecule has 3 rings (SSSR count). The summed E-state index contributed by atoms with van der Waals surface area (Å²) < 4.78 is 144. The van der Waals surface area contributed by atoms with Gasteiger partial charge in [-0.05, 0) is 59.2 Å². The molecule has 0 saturated carbocycles. The SMILES string of the molecule is Cc1nn(C(F)F)cc1S(=O)(=O)N1c2cc(NC(=O)OC(C)(C)C(F)(F)F)ccc2O[C@@H](CCC(=O)C(C)(O)C(F)(F)F)[C@H]1C. The third kappa shape index (κ3) is 7.10. The van der Waals surface area contributed by atoms with E-state index in [1.165, 1.54) is 6.92 Å². The Balaban J connectivity index is 2.04. The molecule has 2 heterocycles. The van der Waals surface area contributed by atoms with Crippen molar-refractivity contribution in [1.29, 1.82) is 0 Å². The van der Waals surface area contributed by atoms with Crippen LogP contribution in [0.4, 0.5) is 51.3 Å². The number of benzene rings is 1. The molecule has 1 aromatic carbocycles. The zero-order valence-corrected chi connectivity index (χ0v) is 24.9. The van der Waals surface area contributed by atoms with E-state index in [1.807, 2.05) is 5.32 Å². The normalized spacial score (nSPS) is 19.0. The van der Waals surface area contributed by atoms with Crippen LogP contribution in [0.5, 0.6) is 5.75 Å². The van der Waals surface area contributed by atoms with Crippen molar-refractivity contribution in [2.24, 2.45) is 0 Å². The Labute approximate surface area is 251 Å². The molecule has 20 heteroatoms. The predicted molar refractivity (Wildman–Crippen MR) is 139 cm³/mol. The van der Waals surface area contributed by atoms with E-state index in [1.54, 1.807) is 0 Å². The average molecular weight is 681 g/mol. The molecule has 0 fully saturated rings. The minimum atomic E-state index is -5.31. The van der Waals surface area contributed by atoms with Crippen LogP contribution < -0.4 is 14.4 Å². The van der Waals surface area contributed by atoms with Gasteiger partial charge >= 0.3 is 25.0 Å². The van der Waals surface area contributed by atoms with Gasteiger partial charge in [0.25, 0.3) is 10.0 Å². The van der Waals surface area contributed by atoms with Crippen molar-refractivity contribution in [1.82, 2.24) is 9.78 Å². The van der Waals surface area contributed by atoms with Crippen LogP contribution >= 0.6 is 0 Å². The smallest absolute Gasteiger partial charge is 0.427 e. The Morgan fingerprint density at radius 1 is 1.11 bits per heavy atom. The summed E-state index contributed by atoms with van der Waals surface area (Å²) in [5, 5.41) is 15.2. The van der Waals surface area contributed by atoms with E-state index in [0.717, 1.165) is 25.1 Å². The summed E-state index contributed by atoms with van der Waals surface area (Å²) in [7, 11) is -4.85. The van der Waals surface area contributed by atoms with Gasteiger partial charge in [-0.1, -0.05) is 0 Å². The minimum absolute atomic E-state index is 0.0694. The zero-order valence-electron chi connectivity index (χ0n) is 24.1. The summed E-state index contributed by atoms with van der Waals surface area (Å²) in [4.78, 5) is 23.8. The lowest BCUT2D eigenvalue weighted by Gasteiger charge is -2.41. The molecule has 1 unspecified atom stereocenters. The van der Waals surface area contributed by atoms with Gasteiger partial charge in [-0.15, -0.1) is 0 Å². The van der Waals surface area contributed by atoms with Crippen LogP contribution in [0.15, 0.2) is 29.3 Å². The summed E-state index contributed by atoms with van der Waals surface area (Å²) >= 11 is 0. The third-order valence-corrected chi connectivity index (χ3v) is 9.02. The molecular formula is C25H28F8N4O7S. The van der Waals surface area contributed by atoms with Crippen molar-refractivity contribution in [3.8, 4) is 5.75 Å². The number of carbonyl (C=O) groups is 2. The number of ether oxygens (including phenoxy) is 2. The monoisotopic (exact) mass is 680 g/mol. The number of aryl methyl sites for hydroxylation is 1. The number of hydrogen-bond acceptors (Lipinski definition) is 8. The van der Waals surface area contributed by atoms with Gasteiger partial charge in [0.05, 0.1) is 23.6 Å². The second kappa shape index (κ2) is 11.9. The fourth-order valence-electron chi connectivity index (χ4n) is 4.18. The van der Waals surface area contributed by atoms with Gasteiger partial charge in [-0.2, -0.15) is 40.2 Å². The van der Waals surface area contributed by atoms with Crippen LogP contribution in [0, 0.1) is 6.92 Å². The fraction of sp³-hybridized carbons (Fsp3) is 0.560. The highest BCUT2D eigenvalue weighted by Crippen LogP contribution is 2.43. The molecular weight excluding hydrogens is 652 g/mol. The number of ketones is 1. The summed E-state index contributed by atoms with van der Waals surface area (Å²) in [6, 6.07) is 1.75. The molecule has 1 aliphatic rings. The van der Waals surface area contributed by atoms with Gasteiger partial charge in [0.15, 0.2) is 5.78 Å². The first-order valence-corrected chi connectivity index (χ1v) is 14.3. The first-order chi connectivity index (χ1) is 20.3. The van der Waals surface area contributed by atoms with Gasteiger partial charge in [-0.25, -0.2) is 17.9 Å². The maximum Gasteiger partial charge on any atom is 0.427 e. The Hall–Kier alpha value is -3.68. The molecule has 0 aliphatic carbocycles. The number of sulfonamides is 1. The zero-order chi connectivity index (χ0) is 34.5. The van der Waals surface area contributed by atoms with E-state index in [-0.39, 0.29) is 34.4 Å². The Morgan fingerprint density at radius 3 is 2.22 bits per heavy atom. The maximum absolute atomic E-state index is 13.9. The molecule has 1 amide bonds. The van der Waals surface area contributed by atoms with E-state index in [0.29, 0.717) is 24.3 Å². The predicted octanol–water partition coefficient (Wildman–Crippen LogP) is 5.48. The lowest BCUT2D eigenvalue weighted by Crippen LogP contribution is -2.52. The quantitative estimate of drug-likeness (QED) is 0.332. The summed E-state index contributed by atoms with van der Waals surface area (Å²) in [6.45, 7) is 0.540. The molecule has 1 aliphatic heterocycles.